The van der Waals surface area contributed by atoms with Crippen LogP contribution in [0.5, 0.6) is 0 Å². The Labute approximate surface area is 128 Å². The minimum Gasteiger partial charge on any atom is -0.337 e. The Morgan fingerprint density at radius 2 is 2.14 bits per heavy atom. The van der Waals surface area contributed by atoms with Gasteiger partial charge in [-0.1, -0.05) is 5.16 Å². The van der Waals surface area contributed by atoms with Crippen LogP contribution in [0.25, 0.3) is 17.0 Å². The Balaban J connectivity index is 1.78. The molecule has 1 atom stereocenters. The Morgan fingerprint density at radius 3 is 2.91 bits per heavy atom. The van der Waals surface area contributed by atoms with Crippen LogP contribution >= 0.6 is 0 Å². The molecule has 4 heterocycles. The van der Waals surface area contributed by atoms with Crippen LogP contribution in [0.1, 0.15) is 36.2 Å². The summed E-state index contributed by atoms with van der Waals surface area (Å²) in [7, 11) is 2.09. The molecule has 0 saturated carbocycles. The van der Waals surface area contributed by atoms with E-state index in [1.54, 1.807) is 10.7 Å². The molecule has 3 aromatic rings. The lowest BCUT2D eigenvalue weighted by molar-refractivity contribution is 0.245. The van der Waals surface area contributed by atoms with E-state index in [4.69, 9.17) is 4.52 Å². The lowest BCUT2D eigenvalue weighted by atomic mass is 10.2. The molecule has 0 unspecified atom stereocenters. The average Bonchev–Trinajstić information content (AvgIpc) is 3.16. The molecule has 1 fully saturated rings. The van der Waals surface area contributed by atoms with Crippen molar-refractivity contribution in [3.8, 4) is 11.4 Å². The molecule has 0 amide bonds. The number of hydrogen-bond acceptors (Lipinski definition) is 6. The summed E-state index contributed by atoms with van der Waals surface area (Å²) in [6, 6.07) is 2.22. The van der Waals surface area contributed by atoms with Crippen LogP contribution in [0.15, 0.2) is 16.8 Å². The normalized spacial score (nSPS) is 19.3. The van der Waals surface area contributed by atoms with Crippen LogP contribution in [0.3, 0.4) is 0 Å². The predicted octanol–water partition coefficient (Wildman–Crippen LogP) is 2.16. The standard InChI is InChI=1S/C15H18N6O/c1-9-7-10(2)21-14(17-9)11(8-16-21)13-18-15(22-19-13)12-5-4-6-20(12)3/h7-8,12H,4-6H2,1-3H3/t12-/m0/s1. The van der Waals surface area contributed by atoms with Crippen molar-refractivity contribution >= 4 is 5.65 Å². The predicted molar refractivity (Wildman–Crippen MR) is 80.4 cm³/mol. The van der Waals surface area contributed by atoms with E-state index in [9.17, 15) is 0 Å². The number of nitrogens with zero attached hydrogens (tertiary/aromatic N) is 6. The Bertz CT molecular complexity index is 836. The van der Waals surface area contributed by atoms with E-state index in [0.717, 1.165) is 42.0 Å². The van der Waals surface area contributed by atoms with Gasteiger partial charge in [-0.25, -0.2) is 9.50 Å². The van der Waals surface area contributed by atoms with E-state index >= 15 is 0 Å². The zero-order valence-corrected chi connectivity index (χ0v) is 12.9. The zero-order valence-electron chi connectivity index (χ0n) is 12.9. The highest BCUT2D eigenvalue weighted by Gasteiger charge is 2.28. The van der Waals surface area contributed by atoms with Crippen molar-refractivity contribution in [2.24, 2.45) is 0 Å². The second-order valence-corrected chi connectivity index (χ2v) is 5.93. The number of likely N-dealkylation sites (tertiary alicyclic amines) is 1. The van der Waals surface area contributed by atoms with Gasteiger partial charge < -0.3 is 4.52 Å². The molecule has 114 valence electrons. The minimum atomic E-state index is 0.222. The van der Waals surface area contributed by atoms with Crippen LogP contribution in [-0.2, 0) is 0 Å². The molecule has 22 heavy (non-hydrogen) atoms. The molecular formula is C15H18N6O. The van der Waals surface area contributed by atoms with Crippen molar-refractivity contribution < 1.29 is 4.52 Å². The summed E-state index contributed by atoms with van der Waals surface area (Å²) in [6.45, 7) is 5.05. The topological polar surface area (TPSA) is 72.3 Å². The highest BCUT2D eigenvalue weighted by molar-refractivity contribution is 5.72. The molecule has 0 N–H and O–H groups in total. The van der Waals surface area contributed by atoms with Crippen molar-refractivity contribution in [2.75, 3.05) is 13.6 Å². The highest BCUT2D eigenvalue weighted by atomic mass is 16.5. The average molecular weight is 298 g/mol. The highest BCUT2D eigenvalue weighted by Crippen LogP contribution is 2.31. The van der Waals surface area contributed by atoms with E-state index in [2.05, 4.69) is 32.2 Å². The molecule has 7 nitrogen and oxygen atoms in total. The second kappa shape index (κ2) is 4.88. The Morgan fingerprint density at radius 1 is 1.27 bits per heavy atom. The molecule has 0 aliphatic carbocycles. The summed E-state index contributed by atoms with van der Waals surface area (Å²) in [4.78, 5) is 11.4. The minimum absolute atomic E-state index is 0.222. The third-order valence-corrected chi connectivity index (χ3v) is 4.27. The van der Waals surface area contributed by atoms with Crippen LogP contribution in [0, 0.1) is 13.8 Å². The molecule has 0 bridgehead atoms. The molecule has 1 aliphatic rings. The van der Waals surface area contributed by atoms with Crippen molar-refractivity contribution in [3.05, 3.63) is 29.5 Å². The molecule has 0 spiro atoms. The summed E-state index contributed by atoms with van der Waals surface area (Å²) in [5.74, 6) is 1.24. The van der Waals surface area contributed by atoms with Crippen molar-refractivity contribution in [1.29, 1.82) is 0 Å². The number of hydrogen-bond donors (Lipinski definition) is 0. The van der Waals surface area contributed by atoms with Crippen LogP contribution in [0.2, 0.25) is 0 Å². The lowest BCUT2D eigenvalue weighted by Crippen LogP contribution is -2.17. The van der Waals surface area contributed by atoms with Gasteiger partial charge in [0, 0.05) is 11.4 Å². The van der Waals surface area contributed by atoms with Gasteiger partial charge in [0.15, 0.2) is 5.65 Å². The third kappa shape index (κ3) is 2.00. The third-order valence-electron chi connectivity index (χ3n) is 4.27. The quantitative estimate of drug-likeness (QED) is 0.722. The van der Waals surface area contributed by atoms with E-state index in [1.165, 1.54) is 0 Å². The number of fused-ring (bicyclic) bond motifs is 1. The van der Waals surface area contributed by atoms with Crippen molar-refractivity contribution in [3.63, 3.8) is 0 Å². The number of aromatic nitrogens is 5. The van der Waals surface area contributed by atoms with Gasteiger partial charge in [0.1, 0.15) is 0 Å². The summed E-state index contributed by atoms with van der Waals surface area (Å²) in [6.07, 6.45) is 3.97. The van der Waals surface area contributed by atoms with Crippen LogP contribution in [-0.4, -0.2) is 43.2 Å². The lowest BCUT2D eigenvalue weighted by Gasteiger charge is -2.14. The van der Waals surface area contributed by atoms with Gasteiger partial charge in [0.25, 0.3) is 0 Å². The van der Waals surface area contributed by atoms with Gasteiger partial charge in [0.05, 0.1) is 17.8 Å². The maximum absolute atomic E-state index is 5.48. The van der Waals surface area contributed by atoms with Gasteiger partial charge in [-0.3, -0.25) is 4.90 Å². The Kier molecular flexibility index (Phi) is 2.97. The van der Waals surface area contributed by atoms with E-state index in [0.29, 0.717) is 11.7 Å². The first-order valence-electron chi connectivity index (χ1n) is 7.49. The maximum Gasteiger partial charge on any atom is 0.244 e. The fourth-order valence-electron chi connectivity index (χ4n) is 3.13. The SMILES string of the molecule is Cc1cc(C)n2ncc(-c3noc([C@@H]4CCCN4C)n3)c2n1. The first-order chi connectivity index (χ1) is 10.6. The second-order valence-electron chi connectivity index (χ2n) is 5.93. The summed E-state index contributed by atoms with van der Waals surface area (Å²) in [5.41, 5.74) is 3.56. The van der Waals surface area contributed by atoms with E-state index in [-0.39, 0.29) is 6.04 Å². The molecule has 1 saturated heterocycles. The van der Waals surface area contributed by atoms with Gasteiger partial charge in [-0.15, -0.1) is 0 Å². The fraction of sp³-hybridized carbons (Fsp3) is 0.467. The maximum atomic E-state index is 5.48. The van der Waals surface area contributed by atoms with Gasteiger partial charge in [-0.05, 0) is 46.3 Å². The molecule has 1 aliphatic heterocycles. The van der Waals surface area contributed by atoms with Gasteiger partial charge >= 0.3 is 0 Å². The van der Waals surface area contributed by atoms with Crippen LogP contribution in [0.4, 0.5) is 0 Å². The van der Waals surface area contributed by atoms with E-state index < -0.39 is 0 Å². The summed E-state index contributed by atoms with van der Waals surface area (Å²) < 4.78 is 7.29. The molecule has 0 aromatic carbocycles. The summed E-state index contributed by atoms with van der Waals surface area (Å²) in [5, 5.41) is 8.52. The summed E-state index contributed by atoms with van der Waals surface area (Å²) >= 11 is 0. The zero-order chi connectivity index (χ0) is 15.3. The number of aryl methyl sites for hydroxylation is 2. The molecule has 0 radical (unpaired) electrons. The van der Waals surface area contributed by atoms with Crippen molar-refractivity contribution in [1.82, 2.24) is 29.6 Å². The monoisotopic (exact) mass is 298 g/mol. The first kappa shape index (κ1) is 13.4. The molecular weight excluding hydrogens is 280 g/mol. The number of rotatable bonds is 2. The smallest absolute Gasteiger partial charge is 0.244 e. The molecule has 7 heteroatoms. The first-order valence-corrected chi connectivity index (χ1v) is 7.49. The molecule has 3 aromatic heterocycles. The van der Waals surface area contributed by atoms with Crippen LogP contribution < -0.4 is 0 Å². The fourth-order valence-corrected chi connectivity index (χ4v) is 3.13. The van der Waals surface area contributed by atoms with Gasteiger partial charge in [0.2, 0.25) is 11.7 Å². The Hall–Kier alpha value is -2.28. The van der Waals surface area contributed by atoms with E-state index in [1.807, 2.05) is 19.9 Å². The largest absolute Gasteiger partial charge is 0.337 e. The van der Waals surface area contributed by atoms with Crippen molar-refractivity contribution in [2.45, 2.75) is 32.7 Å². The van der Waals surface area contributed by atoms with Gasteiger partial charge in [-0.2, -0.15) is 10.1 Å². The molecule has 4 rings (SSSR count).